The summed E-state index contributed by atoms with van der Waals surface area (Å²) < 4.78 is 0. The van der Waals surface area contributed by atoms with Gasteiger partial charge in [-0.3, -0.25) is 9.80 Å². The zero-order chi connectivity index (χ0) is 33.9. The topological polar surface area (TPSA) is 46.9 Å². The van der Waals surface area contributed by atoms with Gasteiger partial charge >= 0.3 is 0 Å². The van der Waals surface area contributed by atoms with Gasteiger partial charge in [0.2, 0.25) is 0 Å². The number of hydrogen-bond acceptors (Lipinski definition) is 4. The maximum absolute atomic E-state index is 10.8. The Balaban J connectivity index is 1.36. The van der Waals surface area contributed by atoms with Crippen LogP contribution in [-0.2, 0) is 39.0 Å². The molecule has 2 N–H and O–H groups in total. The van der Waals surface area contributed by atoms with Crippen molar-refractivity contribution in [2.45, 2.75) is 78.8 Å². The van der Waals surface area contributed by atoms with Gasteiger partial charge in [-0.25, -0.2) is 0 Å². The Bertz CT molecular complexity index is 1530. The van der Waals surface area contributed by atoms with Crippen molar-refractivity contribution in [3.8, 4) is 0 Å². The lowest BCUT2D eigenvalue weighted by atomic mass is 9.97. The fourth-order valence-corrected chi connectivity index (χ4v) is 6.85. The molecule has 48 heavy (non-hydrogen) atoms. The van der Waals surface area contributed by atoms with E-state index in [9.17, 15) is 10.2 Å². The molecule has 0 aliphatic rings. The summed E-state index contributed by atoms with van der Waals surface area (Å²) in [6.45, 7) is 11.7. The highest BCUT2D eigenvalue weighted by atomic mass is 16.3. The Labute approximate surface area is 288 Å². The van der Waals surface area contributed by atoms with E-state index in [2.05, 4.69) is 159 Å². The number of benzene rings is 5. The molecule has 0 bridgehead atoms. The summed E-state index contributed by atoms with van der Waals surface area (Å²) >= 11 is 0. The van der Waals surface area contributed by atoms with Crippen molar-refractivity contribution in [2.24, 2.45) is 0 Å². The van der Waals surface area contributed by atoms with Crippen molar-refractivity contribution < 1.29 is 10.2 Å². The molecule has 5 aromatic rings. The van der Waals surface area contributed by atoms with Crippen LogP contribution < -0.4 is 0 Å². The molecule has 0 heterocycles. The van der Waals surface area contributed by atoms with Crippen LogP contribution in [0.1, 0.15) is 55.6 Å². The second-order valence-electron chi connectivity index (χ2n) is 13.7. The predicted octanol–water partition coefficient (Wildman–Crippen LogP) is 8.13. The van der Waals surface area contributed by atoms with Crippen LogP contribution in [0.25, 0.3) is 0 Å². The standard InChI is InChI=1S/C44H52N2O2/c1-33-10-5-16-39(20-33)27-45(28-40-17-6-11-34(2)21-40)43(31-47)25-37-14-9-15-38(24-37)26-44(32-48)46(29-41-18-7-12-35(3)22-41)30-42-19-8-13-36(4)23-42/h5-24,43-44,47-48H,25-32H2,1-4H3/t43-,44-/m0/s1. The minimum absolute atomic E-state index is 0.0472. The normalized spacial score (nSPS) is 12.8. The average molecular weight is 641 g/mol. The zero-order valence-electron chi connectivity index (χ0n) is 29.1. The number of aryl methyl sites for hydroxylation is 4. The van der Waals surface area contributed by atoms with E-state index in [0.29, 0.717) is 0 Å². The molecule has 4 heteroatoms. The van der Waals surface area contributed by atoms with Gasteiger partial charge in [0.15, 0.2) is 0 Å². The highest BCUT2D eigenvalue weighted by molar-refractivity contribution is 5.29. The molecule has 5 rings (SSSR count). The van der Waals surface area contributed by atoms with Crippen molar-refractivity contribution in [3.05, 3.63) is 177 Å². The van der Waals surface area contributed by atoms with Crippen molar-refractivity contribution in [1.82, 2.24) is 9.80 Å². The van der Waals surface area contributed by atoms with Gasteiger partial charge in [0.1, 0.15) is 0 Å². The summed E-state index contributed by atoms with van der Waals surface area (Å²) in [5, 5.41) is 21.6. The van der Waals surface area contributed by atoms with Gasteiger partial charge in [0, 0.05) is 38.3 Å². The Morgan fingerprint density at radius 2 is 0.667 bits per heavy atom. The van der Waals surface area contributed by atoms with E-state index in [1.807, 2.05) is 0 Å². The molecular weight excluding hydrogens is 588 g/mol. The van der Waals surface area contributed by atoms with E-state index in [-0.39, 0.29) is 25.3 Å². The van der Waals surface area contributed by atoms with Gasteiger partial charge in [-0.05, 0) is 73.9 Å². The SMILES string of the molecule is Cc1cccc(CN(Cc2cccc(C)c2)[C@H](CO)Cc2cccc(C[C@@H](CO)N(Cc3cccc(C)c3)Cc3cccc(C)c3)c2)c1. The number of hydrogen-bond donors (Lipinski definition) is 2. The van der Waals surface area contributed by atoms with Crippen LogP contribution >= 0.6 is 0 Å². The fraction of sp³-hybridized carbons (Fsp3) is 0.318. The molecule has 0 saturated carbocycles. The molecule has 0 aliphatic heterocycles. The van der Waals surface area contributed by atoms with Crippen molar-refractivity contribution in [1.29, 1.82) is 0 Å². The Morgan fingerprint density at radius 3 is 0.938 bits per heavy atom. The third-order valence-electron chi connectivity index (χ3n) is 9.26. The largest absolute Gasteiger partial charge is 0.395 e. The van der Waals surface area contributed by atoms with Crippen LogP contribution in [0.3, 0.4) is 0 Å². The van der Waals surface area contributed by atoms with Gasteiger partial charge in [-0.2, -0.15) is 0 Å². The van der Waals surface area contributed by atoms with Gasteiger partial charge in [0.25, 0.3) is 0 Å². The third-order valence-corrected chi connectivity index (χ3v) is 9.26. The quantitative estimate of drug-likeness (QED) is 0.114. The van der Waals surface area contributed by atoms with E-state index in [4.69, 9.17) is 0 Å². The molecule has 0 aromatic heterocycles. The molecular formula is C44H52N2O2. The van der Waals surface area contributed by atoms with E-state index < -0.39 is 0 Å². The van der Waals surface area contributed by atoms with Crippen LogP contribution in [0.5, 0.6) is 0 Å². The number of aliphatic hydroxyl groups is 2. The molecule has 0 spiro atoms. The van der Waals surface area contributed by atoms with Gasteiger partial charge in [-0.15, -0.1) is 0 Å². The molecule has 0 fully saturated rings. The predicted molar refractivity (Wildman–Crippen MR) is 199 cm³/mol. The molecule has 2 atom stereocenters. The first-order valence-corrected chi connectivity index (χ1v) is 17.3. The van der Waals surface area contributed by atoms with Gasteiger partial charge in [0.05, 0.1) is 13.2 Å². The summed E-state index contributed by atoms with van der Waals surface area (Å²) in [6.07, 6.45) is 1.48. The van der Waals surface area contributed by atoms with E-state index in [1.165, 1.54) is 55.6 Å². The van der Waals surface area contributed by atoms with Crippen LogP contribution in [0.2, 0.25) is 0 Å². The molecule has 0 saturated heterocycles. The smallest absolute Gasteiger partial charge is 0.0590 e. The van der Waals surface area contributed by atoms with E-state index in [1.54, 1.807) is 0 Å². The Kier molecular flexibility index (Phi) is 12.8. The number of aliphatic hydroxyl groups excluding tert-OH is 2. The van der Waals surface area contributed by atoms with Gasteiger partial charge < -0.3 is 10.2 Å². The molecule has 0 amide bonds. The second-order valence-corrected chi connectivity index (χ2v) is 13.7. The summed E-state index contributed by atoms with van der Waals surface area (Å²) in [5.41, 5.74) is 12.4. The van der Waals surface area contributed by atoms with Gasteiger partial charge in [-0.1, -0.05) is 144 Å². The summed E-state index contributed by atoms with van der Waals surface area (Å²) in [7, 11) is 0. The number of rotatable bonds is 16. The highest BCUT2D eigenvalue weighted by Gasteiger charge is 2.22. The highest BCUT2D eigenvalue weighted by Crippen LogP contribution is 2.22. The van der Waals surface area contributed by atoms with Crippen LogP contribution in [-0.4, -0.2) is 45.3 Å². The first kappa shape index (κ1) is 35.3. The van der Waals surface area contributed by atoms with Crippen LogP contribution in [0.4, 0.5) is 0 Å². The first-order chi connectivity index (χ1) is 23.3. The molecule has 250 valence electrons. The van der Waals surface area contributed by atoms with E-state index >= 15 is 0 Å². The van der Waals surface area contributed by atoms with Crippen LogP contribution in [0.15, 0.2) is 121 Å². The number of nitrogens with zero attached hydrogens (tertiary/aromatic N) is 2. The lowest BCUT2D eigenvalue weighted by Gasteiger charge is -2.32. The maximum Gasteiger partial charge on any atom is 0.0590 e. The average Bonchev–Trinajstić information content (AvgIpc) is 3.06. The Morgan fingerprint density at radius 1 is 0.396 bits per heavy atom. The molecule has 0 unspecified atom stereocenters. The van der Waals surface area contributed by atoms with Crippen molar-refractivity contribution >= 4 is 0 Å². The maximum atomic E-state index is 10.8. The zero-order valence-corrected chi connectivity index (χ0v) is 29.1. The minimum atomic E-state index is -0.0472. The second kappa shape index (κ2) is 17.4. The molecule has 4 nitrogen and oxygen atoms in total. The Hall–Kier alpha value is -4.06. The van der Waals surface area contributed by atoms with E-state index in [0.717, 1.165) is 39.0 Å². The minimum Gasteiger partial charge on any atom is -0.395 e. The lowest BCUT2D eigenvalue weighted by molar-refractivity contribution is 0.108. The third kappa shape index (κ3) is 10.5. The van der Waals surface area contributed by atoms with Crippen LogP contribution in [0, 0.1) is 27.7 Å². The van der Waals surface area contributed by atoms with Crippen molar-refractivity contribution in [2.75, 3.05) is 13.2 Å². The summed E-state index contributed by atoms with van der Waals surface area (Å²) in [6, 6.07) is 43.3. The fourth-order valence-electron chi connectivity index (χ4n) is 6.85. The first-order valence-electron chi connectivity index (χ1n) is 17.3. The summed E-state index contributed by atoms with van der Waals surface area (Å²) in [5.74, 6) is 0. The monoisotopic (exact) mass is 640 g/mol. The molecule has 5 aromatic carbocycles. The molecule has 0 radical (unpaired) electrons. The molecule has 0 aliphatic carbocycles. The lowest BCUT2D eigenvalue weighted by Crippen LogP contribution is -2.39. The van der Waals surface area contributed by atoms with Crippen molar-refractivity contribution in [3.63, 3.8) is 0 Å². The summed E-state index contributed by atoms with van der Waals surface area (Å²) in [4.78, 5) is 4.83.